The van der Waals surface area contributed by atoms with Gasteiger partial charge in [-0.25, -0.2) is 0 Å². The number of rotatable bonds is 5. The van der Waals surface area contributed by atoms with Crippen molar-refractivity contribution < 1.29 is 4.79 Å². The molecule has 14 heavy (non-hydrogen) atoms. The van der Waals surface area contributed by atoms with Crippen LogP contribution in [0.15, 0.2) is 24.4 Å². The van der Waals surface area contributed by atoms with E-state index in [0.717, 1.165) is 13.0 Å². The van der Waals surface area contributed by atoms with Crippen molar-refractivity contribution in [3.05, 3.63) is 24.4 Å². The lowest BCUT2D eigenvalue weighted by Crippen LogP contribution is -2.29. The summed E-state index contributed by atoms with van der Waals surface area (Å²) in [7, 11) is 0. The molecular weight excluding hydrogens is 174 g/mol. The largest absolute Gasteiger partial charge is 0.315 e. The Hall–Kier alpha value is -1.05. The van der Waals surface area contributed by atoms with Crippen molar-refractivity contribution in [2.24, 2.45) is 5.92 Å². The molecule has 0 spiro atoms. The minimum absolute atomic E-state index is 0.0170. The molecule has 0 aliphatic heterocycles. The van der Waals surface area contributed by atoms with Crippen LogP contribution in [0.25, 0.3) is 0 Å². The van der Waals surface area contributed by atoms with E-state index < -0.39 is 0 Å². The number of allylic oxidation sites excluding steroid dienone is 1. The van der Waals surface area contributed by atoms with Gasteiger partial charge in [-0.3, -0.25) is 4.79 Å². The van der Waals surface area contributed by atoms with Crippen molar-refractivity contribution in [2.45, 2.75) is 34.1 Å². The van der Waals surface area contributed by atoms with Crippen LogP contribution in [0.5, 0.6) is 0 Å². The van der Waals surface area contributed by atoms with Crippen LogP contribution in [0.3, 0.4) is 0 Å². The molecule has 2 heteroatoms. The molecule has 0 fully saturated rings. The maximum Gasteiger partial charge on any atom is 0.252 e. The van der Waals surface area contributed by atoms with E-state index in [0.29, 0.717) is 11.5 Å². The lowest BCUT2D eigenvalue weighted by atomic mass is 10.2. The van der Waals surface area contributed by atoms with Crippen molar-refractivity contribution >= 4 is 5.91 Å². The summed E-state index contributed by atoms with van der Waals surface area (Å²) < 4.78 is 0. The van der Waals surface area contributed by atoms with Crippen molar-refractivity contribution in [3.8, 4) is 0 Å². The summed E-state index contributed by atoms with van der Waals surface area (Å²) in [6, 6.07) is 0. The summed E-state index contributed by atoms with van der Waals surface area (Å²) in [5, 5.41) is 0. The lowest BCUT2D eigenvalue weighted by molar-refractivity contribution is -0.125. The number of hydrogen-bond donors (Lipinski definition) is 0. The highest BCUT2D eigenvalue weighted by molar-refractivity contribution is 5.92. The van der Waals surface area contributed by atoms with Crippen LogP contribution >= 0.6 is 0 Å². The van der Waals surface area contributed by atoms with E-state index in [1.807, 2.05) is 12.3 Å². The summed E-state index contributed by atoms with van der Waals surface area (Å²) in [4.78, 5) is 13.4. The van der Waals surface area contributed by atoms with Gasteiger partial charge in [0.05, 0.1) is 0 Å². The Morgan fingerprint density at radius 1 is 1.50 bits per heavy atom. The Kier molecular flexibility index (Phi) is 5.93. The molecule has 0 saturated carbocycles. The molecule has 80 valence electrons. The fraction of sp³-hybridized carbons (Fsp3) is 0.583. The fourth-order valence-corrected chi connectivity index (χ4v) is 1.08. The first-order valence-corrected chi connectivity index (χ1v) is 5.12. The summed E-state index contributed by atoms with van der Waals surface area (Å²) >= 11 is 0. The Morgan fingerprint density at radius 2 is 2.07 bits per heavy atom. The molecule has 0 rings (SSSR count). The summed E-state index contributed by atoms with van der Waals surface area (Å²) in [5.74, 6) is 0.489. The van der Waals surface area contributed by atoms with Gasteiger partial charge in [0.15, 0.2) is 0 Å². The zero-order valence-electron chi connectivity index (χ0n) is 9.71. The molecule has 0 aromatic heterocycles. The molecular formula is C12H21NO. The Bertz CT molecular complexity index is 228. The van der Waals surface area contributed by atoms with Gasteiger partial charge in [0.1, 0.15) is 0 Å². The first kappa shape index (κ1) is 12.9. The number of carbonyl (C=O) groups excluding carboxylic acids is 1. The van der Waals surface area contributed by atoms with Gasteiger partial charge < -0.3 is 4.90 Å². The summed E-state index contributed by atoms with van der Waals surface area (Å²) in [6.45, 7) is 12.4. The molecule has 2 nitrogen and oxygen atoms in total. The van der Waals surface area contributed by atoms with Gasteiger partial charge in [0.25, 0.3) is 5.91 Å². The Balaban J connectivity index is 4.46. The van der Waals surface area contributed by atoms with E-state index in [2.05, 4.69) is 27.4 Å². The molecule has 0 aromatic rings. The van der Waals surface area contributed by atoms with Crippen LogP contribution in [0.2, 0.25) is 0 Å². The zero-order chi connectivity index (χ0) is 11.1. The molecule has 1 amide bonds. The van der Waals surface area contributed by atoms with Gasteiger partial charge in [-0.05, 0) is 19.3 Å². The molecule has 0 N–H and O–H groups in total. The number of nitrogens with zero attached hydrogens (tertiary/aromatic N) is 1. The third kappa shape index (κ3) is 4.85. The highest BCUT2D eigenvalue weighted by atomic mass is 16.2. The van der Waals surface area contributed by atoms with E-state index >= 15 is 0 Å². The van der Waals surface area contributed by atoms with Gasteiger partial charge in [-0.15, -0.1) is 0 Å². The molecule has 0 unspecified atom stereocenters. The topological polar surface area (TPSA) is 20.3 Å². The van der Waals surface area contributed by atoms with Crippen LogP contribution < -0.4 is 0 Å². The first-order valence-electron chi connectivity index (χ1n) is 5.12. The Morgan fingerprint density at radius 3 is 2.43 bits per heavy atom. The second-order valence-corrected chi connectivity index (χ2v) is 3.92. The number of hydrogen-bond acceptors (Lipinski definition) is 1. The van der Waals surface area contributed by atoms with Gasteiger partial charge in [-0.1, -0.05) is 33.4 Å². The predicted molar refractivity (Wildman–Crippen MR) is 60.8 cm³/mol. The highest BCUT2D eigenvalue weighted by Gasteiger charge is 2.12. The maximum atomic E-state index is 11.7. The van der Waals surface area contributed by atoms with Crippen LogP contribution in [0.4, 0.5) is 0 Å². The van der Waals surface area contributed by atoms with E-state index in [9.17, 15) is 4.79 Å². The Labute approximate surface area is 87.3 Å². The normalized spacial score (nSPS) is 10.9. The van der Waals surface area contributed by atoms with Crippen LogP contribution in [0.1, 0.15) is 34.1 Å². The molecule has 0 aliphatic rings. The lowest BCUT2D eigenvalue weighted by Gasteiger charge is -2.20. The van der Waals surface area contributed by atoms with E-state index in [-0.39, 0.29) is 5.91 Å². The molecule has 0 saturated heterocycles. The van der Waals surface area contributed by atoms with Crippen molar-refractivity contribution in [2.75, 3.05) is 6.54 Å². The number of carbonyl (C=O) groups is 1. The molecule has 0 aliphatic carbocycles. The SMILES string of the molecule is C=C(C)C(=O)N(/C=C/CC)CC(C)C. The highest BCUT2D eigenvalue weighted by Crippen LogP contribution is 2.05. The van der Waals surface area contributed by atoms with Crippen LogP contribution in [-0.4, -0.2) is 17.4 Å². The average molecular weight is 195 g/mol. The standard InChI is InChI=1S/C12H21NO/c1-6-7-8-13(9-10(2)3)12(14)11(4)5/h7-8,10H,4,6,9H2,1-3,5H3/b8-7+. The smallest absolute Gasteiger partial charge is 0.252 e. The molecule has 0 aromatic carbocycles. The monoisotopic (exact) mass is 195 g/mol. The second-order valence-electron chi connectivity index (χ2n) is 3.92. The van der Waals surface area contributed by atoms with E-state index in [1.54, 1.807) is 11.8 Å². The maximum absolute atomic E-state index is 11.7. The molecule has 0 heterocycles. The second kappa shape index (κ2) is 6.41. The predicted octanol–water partition coefficient (Wildman–Crippen LogP) is 2.97. The van der Waals surface area contributed by atoms with E-state index in [1.165, 1.54) is 0 Å². The molecule has 0 bridgehead atoms. The minimum atomic E-state index is 0.0170. The van der Waals surface area contributed by atoms with Crippen LogP contribution in [0, 0.1) is 5.92 Å². The van der Waals surface area contributed by atoms with Gasteiger partial charge in [-0.2, -0.15) is 0 Å². The zero-order valence-corrected chi connectivity index (χ0v) is 9.71. The fourth-order valence-electron chi connectivity index (χ4n) is 1.08. The van der Waals surface area contributed by atoms with Gasteiger partial charge in [0, 0.05) is 18.3 Å². The minimum Gasteiger partial charge on any atom is -0.315 e. The van der Waals surface area contributed by atoms with Crippen molar-refractivity contribution in [1.82, 2.24) is 4.90 Å². The molecule has 0 radical (unpaired) electrons. The van der Waals surface area contributed by atoms with Crippen molar-refractivity contribution in [1.29, 1.82) is 0 Å². The van der Waals surface area contributed by atoms with Crippen molar-refractivity contribution in [3.63, 3.8) is 0 Å². The first-order chi connectivity index (χ1) is 6.49. The van der Waals surface area contributed by atoms with E-state index in [4.69, 9.17) is 0 Å². The third-order valence-electron chi connectivity index (χ3n) is 1.71. The summed E-state index contributed by atoms with van der Waals surface area (Å²) in [5.41, 5.74) is 0.589. The summed E-state index contributed by atoms with van der Waals surface area (Å²) in [6.07, 6.45) is 4.79. The average Bonchev–Trinajstić information content (AvgIpc) is 2.10. The third-order valence-corrected chi connectivity index (χ3v) is 1.71. The molecule has 0 atom stereocenters. The number of amides is 1. The van der Waals surface area contributed by atoms with Gasteiger partial charge >= 0.3 is 0 Å². The van der Waals surface area contributed by atoms with Crippen LogP contribution in [-0.2, 0) is 4.79 Å². The van der Waals surface area contributed by atoms with Gasteiger partial charge in [0.2, 0.25) is 0 Å². The quantitative estimate of drug-likeness (QED) is 0.618.